The Morgan fingerprint density at radius 2 is 2.06 bits per heavy atom. The van der Waals surface area contributed by atoms with Gasteiger partial charge in [0.15, 0.2) is 0 Å². The van der Waals surface area contributed by atoms with E-state index in [1.165, 1.54) is 0 Å². The molecule has 102 valence electrons. The summed E-state index contributed by atoms with van der Waals surface area (Å²) in [5.41, 5.74) is -0.396. The van der Waals surface area contributed by atoms with Gasteiger partial charge in [-0.3, -0.25) is 0 Å². The lowest BCUT2D eigenvalue weighted by Crippen LogP contribution is -2.57. The van der Waals surface area contributed by atoms with Crippen LogP contribution in [0.3, 0.4) is 0 Å². The van der Waals surface area contributed by atoms with Gasteiger partial charge in [0, 0.05) is 37.9 Å². The minimum Gasteiger partial charge on any atom is -0.443 e. The first-order valence-electron chi connectivity index (χ1n) is 6.58. The highest BCUT2D eigenvalue weighted by molar-refractivity contribution is 5.69. The SMILES string of the molecule is O=C1OC2(CCN1CC(F)F)C[C@H]1CC[C@@H](C2)N1. The number of hydrogen-bond donors (Lipinski definition) is 1. The minimum absolute atomic E-state index is 0.391. The number of carbonyl (C=O) groups is 1. The molecule has 3 aliphatic rings. The molecule has 2 bridgehead atoms. The van der Waals surface area contributed by atoms with E-state index >= 15 is 0 Å². The van der Waals surface area contributed by atoms with Crippen LogP contribution in [-0.2, 0) is 4.74 Å². The topological polar surface area (TPSA) is 41.6 Å². The summed E-state index contributed by atoms with van der Waals surface area (Å²) in [6, 6.07) is 0.858. The van der Waals surface area contributed by atoms with Crippen molar-refractivity contribution in [2.75, 3.05) is 13.1 Å². The van der Waals surface area contributed by atoms with E-state index in [1.54, 1.807) is 0 Å². The zero-order valence-electron chi connectivity index (χ0n) is 10.2. The maximum absolute atomic E-state index is 12.3. The number of ether oxygens (including phenoxy) is 1. The Morgan fingerprint density at radius 3 is 2.61 bits per heavy atom. The molecule has 1 N–H and O–H groups in total. The molecule has 0 saturated carbocycles. The summed E-state index contributed by atoms with van der Waals surface area (Å²) in [4.78, 5) is 12.9. The Hall–Kier alpha value is -0.910. The minimum atomic E-state index is -2.49. The van der Waals surface area contributed by atoms with E-state index in [1.807, 2.05) is 0 Å². The van der Waals surface area contributed by atoms with Gasteiger partial charge in [0.1, 0.15) is 5.60 Å². The van der Waals surface area contributed by atoms with E-state index in [0.29, 0.717) is 25.0 Å². The van der Waals surface area contributed by atoms with Crippen molar-refractivity contribution in [1.82, 2.24) is 10.2 Å². The fourth-order valence-electron chi connectivity index (χ4n) is 3.56. The van der Waals surface area contributed by atoms with Gasteiger partial charge in [-0.15, -0.1) is 0 Å². The molecule has 3 aliphatic heterocycles. The predicted molar refractivity (Wildman–Crippen MR) is 60.6 cm³/mol. The maximum Gasteiger partial charge on any atom is 0.410 e. The molecular formula is C12H18F2N2O2. The van der Waals surface area contributed by atoms with Crippen molar-refractivity contribution in [3.63, 3.8) is 0 Å². The summed E-state index contributed by atoms with van der Waals surface area (Å²) >= 11 is 0. The highest BCUT2D eigenvalue weighted by Crippen LogP contribution is 2.41. The van der Waals surface area contributed by atoms with Gasteiger partial charge in [-0.25, -0.2) is 13.6 Å². The van der Waals surface area contributed by atoms with Crippen LogP contribution in [0.15, 0.2) is 0 Å². The average Bonchev–Trinajstić information content (AvgIpc) is 2.63. The zero-order valence-corrected chi connectivity index (χ0v) is 10.2. The number of piperidine rings is 1. The summed E-state index contributed by atoms with van der Waals surface area (Å²) in [5.74, 6) is 0. The number of rotatable bonds is 2. The van der Waals surface area contributed by atoms with E-state index in [9.17, 15) is 13.6 Å². The van der Waals surface area contributed by atoms with Crippen LogP contribution < -0.4 is 5.32 Å². The number of nitrogens with one attached hydrogen (secondary N) is 1. The number of fused-ring (bicyclic) bond motifs is 2. The summed E-state index contributed by atoms with van der Waals surface area (Å²) < 4.78 is 30.1. The summed E-state index contributed by atoms with van der Waals surface area (Å²) in [7, 11) is 0. The fraction of sp³-hybridized carbons (Fsp3) is 0.917. The van der Waals surface area contributed by atoms with Gasteiger partial charge in [0.2, 0.25) is 0 Å². The lowest BCUT2D eigenvalue weighted by atomic mass is 9.83. The highest BCUT2D eigenvalue weighted by atomic mass is 19.3. The van der Waals surface area contributed by atoms with Crippen LogP contribution in [0.25, 0.3) is 0 Å². The van der Waals surface area contributed by atoms with E-state index in [-0.39, 0.29) is 0 Å². The number of hydrogen-bond acceptors (Lipinski definition) is 3. The Kier molecular flexibility index (Phi) is 2.92. The molecule has 3 saturated heterocycles. The lowest BCUT2D eigenvalue weighted by Gasteiger charge is -2.45. The zero-order chi connectivity index (χ0) is 12.8. The standard InChI is InChI=1S/C12H18F2N2O2/c13-10(14)7-16-4-3-12(18-11(16)17)5-8-1-2-9(6-12)15-8/h8-10,15H,1-7H2/t8-,9+,12?. The number of carbonyl (C=O) groups excluding carboxylic acids is 1. The molecule has 4 nitrogen and oxygen atoms in total. The van der Waals surface area contributed by atoms with Crippen molar-refractivity contribution < 1.29 is 18.3 Å². The Labute approximate surface area is 105 Å². The van der Waals surface area contributed by atoms with Gasteiger partial charge >= 0.3 is 6.09 Å². The summed E-state index contributed by atoms with van der Waals surface area (Å²) in [6.07, 6.45) is 1.55. The number of nitrogens with zero attached hydrogens (tertiary/aromatic N) is 1. The summed E-state index contributed by atoms with van der Waals surface area (Å²) in [6.45, 7) is -0.122. The fourth-order valence-corrected chi connectivity index (χ4v) is 3.56. The van der Waals surface area contributed by atoms with Crippen molar-refractivity contribution in [1.29, 1.82) is 0 Å². The third-order valence-electron chi connectivity index (χ3n) is 4.33. The molecule has 18 heavy (non-hydrogen) atoms. The molecule has 1 unspecified atom stereocenters. The van der Waals surface area contributed by atoms with Crippen molar-refractivity contribution in [2.24, 2.45) is 0 Å². The van der Waals surface area contributed by atoms with Crippen LogP contribution in [0.5, 0.6) is 0 Å². The monoisotopic (exact) mass is 260 g/mol. The lowest BCUT2D eigenvalue weighted by molar-refractivity contribution is -0.0809. The van der Waals surface area contributed by atoms with Crippen molar-refractivity contribution in [2.45, 2.75) is 56.2 Å². The number of amides is 1. The number of alkyl halides is 2. The summed E-state index contributed by atoms with van der Waals surface area (Å²) in [5, 5.41) is 3.50. The second kappa shape index (κ2) is 4.33. The van der Waals surface area contributed by atoms with E-state index in [4.69, 9.17) is 4.74 Å². The third kappa shape index (κ3) is 2.18. The Morgan fingerprint density at radius 1 is 1.39 bits per heavy atom. The normalized spacial score (nSPS) is 39.5. The molecular weight excluding hydrogens is 242 g/mol. The Balaban J connectivity index is 1.65. The van der Waals surface area contributed by atoms with Gasteiger partial charge in [-0.05, 0) is 12.8 Å². The second-order valence-electron chi connectivity index (χ2n) is 5.68. The molecule has 0 aromatic heterocycles. The van der Waals surface area contributed by atoms with Crippen LogP contribution >= 0.6 is 0 Å². The van der Waals surface area contributed by atoms with Crippen LogP contribution in [0.1, 0.15) is 32.1 Å². The smallest absolute Gasteiger partial charge is 0.410 e. The molecule has 3 heterocycles. The van der Waals surface area contributed by atoms with Crippen molar-refractivity contribution in [3.8, 4) is 0 Å². The highest BCUT2D eigenvalue weighted by Gasteiger charge is 2.49. The molecule has 3 rings (SSSR count). The molecule has 0 radical (unpaired) electrons. The van der Waals surface area contributed by atoms with Crippen molar-refractivity contribution >= 4 is 6.09 Å². The van der Waals surface area contributed by atoms with Gasteiger partial charge in [0.25, 0.3) is 6.43 Å². The molecule has 6 heteroatoms. The largest absolute Gasteiger partial charge is 0.443 e. The first-order valence-corrected chi connectivity index (χ1v) is 6.58. The van der Waals surface area contributed by atoms with Crippen LogP contribution in [0.4, 0.5) is 13.6 Å². The molecule has 0 aromatic carbocycles. The third-order valence-corrected chi connectivity index (χ3v) is 4.33. The van der Waals surface area contributed by atoms with E-state index in [2.05, 4.69) is 5.32 Å². The van der Waals surface area contributed by atoms with Gasteiger partial charge in [-0.2, -0.15) is 0 Å². The average molecular weight is 260 g/mol. The van der Waals surface area contributed by atoms with Gasteiger partial charge in [0.05, 0.1) is 6.54 Å². The predicted octanol–water partition coefficient (Wildman–Crippen LogP) is 1.75. The quantitative estimate of drug-likeness (QED) is 0.822. The Bertz CT molecular complexity index is 339. The second-order valence-corrected chi connectivity index (χ2v) is 5.68. The van der Waals surface area contributed by atoms with Gasteiger partial charge < -0.3 is 15.0 Å². The van der Waals surface area contributed by atoms with Crippen molar-refractivity contribution in [3.05, 3.63) is 0 Å². The van der Waals surface area contributed by atoms with Crippen LogP contribution in [0.2, 0.25) is 0 Å². The number of halogens is 2. The molecule has 3 atom stereocenters. The van der Waals surface area contributed by atoms with E-state index in [0.717, 1.165) is 30.6 Å². The molecule has 0 aromatic rings. The van der Waals surface area contributed by atoms with Gasteiger partial charge in [-0.1, -0.05) is 0 Å². The van der Waals surface area contributed by atoms with E-state index < -0.39 is 24.7 Å². The molecule has 1 spiro atoms. The maximum atomic E-state index is 12.3. The first kappa shape index (κ1) is 12.1. The molecule has 1 amide bonds. The first-order chi connectivity index (χ1) is 8.56. The molecule has 0 aliphatic carbocycles. The molecule has 3 fully saturated rings. The van der Waals surface area contributed by atoms with Crippen LogP contribution in [-0.4, -0.2) is 48.2 Å². The van der Waals surface area contributed by atoms with Crippen LogP contribution in [0, 0.1) is 0 Å².